The minimum Gasteiger partial charge on any atom is -0.481 e. The molecule has 0 amide bonds. The summed E-state index contributed by atoms with van der Waals surface area (Å²) in [5.74, 6) is -1.34. The van der Waals surface area contributed by atoms with E-state index in [9.17, 15) is 9.59 Å². The third-order valence-corrected chi connectivity index (χ3v) is 8.36. The summed E-state index contributed by atoms with van der Waals surface area (Å²) in [7, 11) is -2.11. The van der Waals surface area contributed by atoms with Crippen LogP contribution in [0.4, 0.5) is 0 Å². The second kappa shape index (κ2) is 8.53. The van der Waals surface area contributed by atoms with Gasteiger partial charge in [-0.05, 0) is 24.6 Å². The van der Waals surface area contributed by atoms with Crippen molar-refractivity contribution in [3.8, 4) is 0 Å². The zero-order valence-corrected chi connectivity index (χ0v) is 15.2. The summed E-state index contributed by atoms with van der Waals surface area (Å²) in [5.41, 5.74) is 0. The molecule has 0 aliphatic rings. The van der Waals surface area contributed by atoms with E-state index in [2.05, 4.69) is 20.8 Å². The first kappa shape index (κ1) is 20.1. The predicted molar refractivity (Wildman–Crippen MR) is 84.8 cm³/mol. The normalized spacial score (nSPS) is 13.8. The minimum absolute atomic E-state index is 0.00250. The van der Waals surface area contributed by atoms with Crippen molar-refractivity contribution in [1.29, 1.82) is 0 Å². The van der Waals surface area contributed by atoms with Crippen molar-refractivity contribution in [3.05, 3.63) is 0 Å². The maximum atomic E-state index is 11.8. The standard InChI is InChI=1S/C15H30O5Si/c1-7-8-9-19-14(18)11-12(10-13(16)17)20-21(5,6)15(2,3)4/h12H,7-11H2,1-6H3,(H,16,17)/t12-/m1/s1. The second-order valence-electron chi connectivity index (χ2n) is 6.88. The topological polar surface area (TPSA) is 72.8 Å². The molecule has 1 atom stereocenters. The van der Waals surface area contributed by atoms with Crippen LogP contribution in [0.25, 0.3) is 0 Å². The molecule has 0 saturated heterocycles. The fraction of sp³-hybridized carbons (Fsp3) is 0.867. The molecule has 0 fully saturated rings. The van der Waals surface area contributed by atoms with E-state index in [1.54, 1.807) is 0 Å². The molecule has 0 spiro atoms. The number of carbonyl (C=O) groups excluding carboxylic acids is 1. The molecule has 5 nitrogen and oxygen atoms in total. The van der Waals surface area contributed by atoms with Crippen LogP contribution in [0.5, 0.6) is 0 Å². The Hall–Kier alpha value is -0.883. The Balaban J connectivity index is 4.66. The molecule has 0 aromatic rings. The smallest absolute Gasteiger partial charge is 0.308 e. The van der Waals surface area contributed by atoms with Crippen LogP contribution in [0, 0.1) is 0 Å². The van der Waals surface area contributed by atoms with Crippen LogP contribution in [0.2, 0.25) is 18.1 Å². The number of unbranched alkanes of at least 4 members (excludes halogenated alkanes) is 1. The van der Waals surface area contributed by atoms with Gasteiger partial charge in [-0.1, -0.05) is 34.1 Å². The number of carboxylic acids is 1. The van der Waals surface area contributed by atoms with Gasteiger partial charge in [-0.15, -0.1) is 0 Å². The number of aliphatic carboxylic acids is 1. The van der Waals surface area contributed by atoms with Crippen LogP contribution in [0.1, 0.15) is 53.4 Å². The molecule has 21 heavy (non-hydrogen) atoms. The molecule has 0 rings (SSSR count). The first-order chi connectivity index (χ1) is 9.49. The van der Waals surface area contributed by atoms with Crippen molar-refractivity contribution in [2.75, 3.05) is 6.61 Å². The molecular weight excluding hydrogens is 288 g/mol. The van der Waals surface area contributed by atoms with E-state index in [1.807, 2.05) is 20.0 Å². The van der Waals surface area contributed by atoms with Crippen LogP contribution in [0.15, 0.2) is 0 Å². The molecule has 0 bridgehead atoms. The highest BCUT2D eigenvalue weighted by Gasteiger charge is 2.40. The van der Waals surface area contributed by atoms with Gasteiger partial charge in [0, 0.05) is 0 Å². The van der Waals surface area contributed by atoms with Gasteiger partial charge in [-0.25, -0.2) is 0 Å². The van der Waals surface area contributed by atoms with E-state index < -0.39 is 20.4 Å². The summed E-state index contributed by atoms with van der Waals surface area (Å²) in [6, 6.07) is 0. The first-order valence-corrected chi connectivity index (χ1v) is 10.5. The van der Waals surface area contributed by atoms with Crippen molar-refractivity contribution in [3.63, 3.8) is 0 Å². The minimum atomic E-state index is -2.11. The number of carboxylic acid groups (broad SMARTS) is 1. The van der Waals surface area contributed by atoms with Crippen molar-refractivity contribution in [1.82, 2.24) is 0 Å². The van der Waals surface area contributed by atoms with Gasteiger partial charge < -0.3 is 14.3 Å². The number of esters is 1. The molecule has 0 aliphatic heterocycles. The van der Waals surface area contributed by atoms with E-state index in [0.717, 1.165) is 12.8 Å². The summed E-state index contributed by atoms with van der Waals surface area (Å²) in [5, 5.41) is 8.96. The van der Waals surface area contributed by atoms with Crippen molar-refractivity contribution >= 4 is 20.3 Å². The highest BCUT2D eigenvalue weighted by molar-refractivity contribution is 6.74. The Bertz CT molecular complexity index is 346. The van der Waals surface area contributed by atoms with E-state index in [0.29, 0.717) is 6.61 Å². The fourth-order valence-corrected chi connectivity index (χ4v) is 2.87. The lowest BCUT2D eigenvalue weighted by atomic mass is 10.2. The van der Waals surface area contributed by atoms with Gasteiger partial charge in [0.1, 0.15) is 0 Å². The van der Waals surface area contributed by atoms with E-state index in [4.69, 9.17) is 14.3 Å². The Morgan fingerprint density at radius 2 is 1.76 bits per heavy atom. The molecule has 6 heteroatoms. The Kier molecular flexibility index (Phi) is 8.17. The highest BCUT2D eigenvalue weighted by atomic mass is 28.4. The van der Waals surface area contributed by atoms with Gasteiger partial charge in [0.2, 0.25) is 0 Å². The molecule has 0 heterocycles. The Morgan fingerprint density at radius 1 is 1.19 bits per heavy atom. The van der Waals surface area contributed by atoms with Crippen LogP contribution in [-0.4, -0.2) is 38.1 Å². The average Bonchev–Trinajstić information content (AvgIpc) is 2.25. The van der Waals surface area contributed by atoms with Gasteiger partial charge in [0.25, 0.3) is 0 Å². The third kappa shape index (κ3) is 8.21. The van der Waals surface area contributed by atoms with Crippen LogP contribution in [0.3, 0.4) is 0 Å². The van der Waals surface area contributed by atoms with Crippen LogP contribution >= 0.6 is 0 Å². The maximum absolute atomic E-state index is 11.8. The summed E-state index contributed by atoms with van der Waals surface area (Å²) in [6.07, 6.45) is 0.986. The number of rotatable bonds is 9. The number of hydrogen-bond acceptors (Lipinski definition) is 4. The second-order valence-corrected chi connectivity index (χ2v) is 11.6. The Morgan fingerprint density at radius 3 is 2.19 bits per heavy atom. The zero-order valence-electron chi connectivity index (χ0n) is 14.2. The summed E-state index contributed by atoms with van der Waals surface area (Å²) >= 11 is 0. The van der Waals surface area contributed by atoms with Gasteiger partial charge in [-0.3, -0.25) is 9.59 Å². The monoisotopic (exact) mass is 318 g/mol. The number of ether oxygens (including phenoxy) is 1. The zero-order chi connectivity index (χ0) is 16.7. The van der Waals surface area contributed by atoms with E-state index in [-0.39, 0.29) is 23.8 Å². The lowest BCUT2D eigenvalue weighted by molar-refractivity contribution is -0.147. The van der Waals surface area contributed by atoms with Gasteiger partial charge in [0.05, 0.1) is 25.6 Å². The molecule has 0 aromatic heterocycles. The van der Waals surface area contributed by atoms with Crippen LogP contribution in [-0.2, 0) is 18.8 Å². The Labute approximate surface area is 129 Å². The van der Waals surface area contributed by atoms with Crippen molar-refractivity contribution < 1.29 is 23.9 Å². The molecule has 0 aromatic carbocycles. The molecule has 0 saturated carbocycles. The summed E-state index contributed by atoms with van der Waals surface area (Å²) in [4.78, 5) is 22.7. The molecule has 124 valence electrons. The number of hydrogen-bond donors (Lipinski definition) is 1. The average molecular weight is 318 g/mol. The van der Waals surface area contributed by atoms with E-state index >= 15 is 0 Å². The summed E-state index contributed by atoms with van der Waals surface area (Å²) < 4.78 is 11.1. The number of carbonyl (C=O) groups is 2. The lowest BCUT2D eigenvalue weighted by Gasteiger charge is -2.38. The predicted octanol–water partition coefficient (Wildman–Crippen LogP) is 3.58. The van der Waals surface area contributed by atoms with Gasteiger partial charge in [0.15, 0.2) is 8.32 Å². The first-order valence-electron chi connectivity index (χ1n) is 7.55. The molecule has 0 aliphatic carbocycles. The molecular formula is C15H30O5Si. The van der Waals surface area contributed by atoms with Crippen molar-refractivity contribution in [2.24, 2.45) is 0 Å². The molecule has 0 unspecified atom stereocenters. The largest absolute Gasteiger partial charge is 0.481 e. The lowest BCUT2D eigenvalue weighted by Crippen LogP contribution is -2.45. The highest BCUT2D eigenvalue weighted by Crippen LogP contribution is 2.38. The molecule has 1 N–H and O–H groups in total. The fourth-order valence-electron chi connectivity index (χ4n) is 1.52. The third-order valence-electron chi connectivity index (χ3n) is 3.83. The molecule has 0 radical (unpaired) electrons. The quantitative estimate of drug-likeness (QED) is 0.399. The van der Waals surface area contributed by atoms with Crippen LogP contribution < -0.4 is 0 Å². The van der Waals surface area contributed by atoms with Gasteiger partial charge in [-0.2, -0.15) is 0 Å². The van der Waals surface area contributed by atoms with Crippen molar-refractivity contribution in [2.45, 2.75) is 77.6 Å². The SMILES string of the molecule is CCCCOC(=O)C[C@@H](CC(=O)O)O[Si](C)(C)C(C)(C)C. The van der Waals surface area contributed by atoms with Gasteiger partial charge >= 0.3 is 11.9 Å². The summed E-state index contributed by atoms with van der Waals surface area (Å²) in [6.45, 7) is 12.7. The van der Waals surface area contributed by atoms with E-state index in [1.165, 1.54) is 0 Å². The maximum Gasteiger partial charge on any atom is 0.308 e.